The summed E-state index contributed by atoms with van der Waals surface area (Å²) in [6.45, 7) is 8.16. The second-order valence-corrected chi connectivity index (χ2v) is 8.47. The maximum atomic E-state index is 12.5. The Bertz CT molecular complexity index is 677. The molecular weight excluding hydrogens is 350 g/mol. The van der Waals surface area contributed by atoms with E-state index in [1.165, 1.54) is 6.07 Å². The van der Waals surface area contributed by atoms with Gasteiger partial charge in [-0.05, 0) is 43.9 Å². The SMILES string of the molecule is Cc1ccc(C(=O)NC(C)(CN)CC(C)C)cc1NS(C)(=O)=O.Cl. The van der Waals surface area contributed by atoms with Crippen molar-refractivity contribution in [3.8, 4) is 0 Å². The first kappa shape index (κ1) is 22.7. The second kappa shape index (κ2) is 8.69. The molecule has 0 spiro atoms. The maximum absolute atomic E-state index is 12.5. The Balaban J connectivity index is 0.00000529. The van der Waals surface area contributed by atoms with E-state index in [1.54, 1.807) is 19.1 Å². The number of amides is 1. The molecule has 6 nitrogen and oxygen atoms in total. The average molecular weight is 378 g/mol. The molecule has 1 unspecified atom stereocenters. The molecule has 1 atom stereocenters. The molecule has 0 saturated heterocycles. The van der Waals surface area contributed by atoms with Crippen LogP contribution in [0.15, 0.2) is 18.2 Å². The number of benzene rings is 1. The summed E-state index contributed by atoms with van der Waals surface area (Å²) in [5.41, 5.74) is 6.85. The fourth-order valence-electron chi connectivity index (χ4n) is 2.51. The Hall–Kier alpha value is -1.31. The molecule has 0 aromatic heterocycles. The zero-order valence-electron chi connectivity index (χ0n) is 14.8. The summed E-state index contributed by atoms with van der Waals surface area (Å²) in [5.74, 6) is 0.125. The van der Waals surface area contributed by atoms with Crippen LogP contribution in [-0.4, -0.2) is 32.7 Å². The van der Waals surface area contributed by atoms with Crippen molar-refractivity contribution in [2.75, 3.05) is 17.5 Å². The van der Waals surface area contributed by atoms with Crippen molar-refractivity contribution >= 4 is 34.0 Å². The van der Waals surface area contributed by atoms with Crippen LogP contribution in [-0.2, 0) is 10.0 Å². The monoisotopic (exact) mass is 377 g/mol. The first-order chi connectivity index (χ1) is 10.5. The van der Waals surface area contributed by atoms with Crippen LogP contribution in [0.25, 0.3) is 0 Å². The van der Waals surface area contributed by atoms with E-state index < -0.39 is 15.6 Å². The molecule has 1 amide bonds. The van der Waals surface area contributed by atoms with E-state index in [4.69, 9.17) is 5.73 Å². The van der Waals surface area contributed by atoms with Gasteiger partial charge in [0.15, 0.2) is 0 Å². The Morgan fingerprint density at radius 1 is 1.33 bits per heavy atom. The van der Waals surface area contributed by atoms with Crippen LogP contribution in [0.1, 0.15) is 43.1 Å². The molecular formula is C16H28ClN3O3S. The molecule has 8 heteroatoms. The summed E-state index contributed by atoms with van der Waals surface area (Å²) < 4.78 is 25.2. The van der Waals surface area contributed by atoms with Crippen molar-refractivity contribution in [2.45, 2.75) is 39.7 Å². The standard InChI is InChI=1S/C16H27N3O3S.ClH/c1-11(2)9-16(4,10-17)18-15(20)13-7-6-12(3)14(8-13)19-23(5,21)22;/h6-8,11,19H,9-10,17H2,1-5H3,(H,18,20);1H. The van der Waals surface area contributed by atoms with E-state index in [-0.39, 0.29) is 18.3 Å². The average Bonchev–Trinajstić information content (AvgIpc) is 2.38. The smallest absolute Gasteiger partial charge is 0.251 e. The minimum absolute atomic E-state index is 0. The van der Waals surface area contributed by atoms with Crippen molar-refractivity contribution in [3.05, 3.63) is 29.3 Å². The number of hydrogen-bond acceptors (Lipinski definition) is 4. The van der Waals surface area contributed by atoms with Crippen LogP contribution in [0.5, 0.6) is 0 Å². The fourth-order valence-corrected chi connectivity index (χ4v) is 3.13. The molecule has 0 aliphatic rings. The third kappa shape index (κ3) is 7.07. The van der Waals surface area contributed by atoms with Crippen molar-refractivity contribution in [1.82, 2.24) is 5.32 Å². The van der Waals surface area contributed by atoms with Crippen molar-refractivity contribution < 1.29 is 13.2 Å². The normalized spacial score (nSPS) is 13.8. The maximum Gasteiger partial charge on any atom is 0.251 e. The number of rotatable bonds is 7. The lowest BCUT2D eigenvalue weighted by atomic mass is 9.90. The van der Waals surface area contributed by atoms with Crippen LogP contribution in [0.4, 0.5) is 5.69 Å². The highest BCUT2D eigenvalue weighted by Crippen LogP contribution is 2.20. The van der Waals surface area contributed by atoms with Crippen molar-refractivity contribution in [2.24, 2.45) is 11.7 Å². The van der Waals surface area contributed by atoms with Gasteiger partial charge in [0, 0.05) is 17.6 Å². The lowest BCUT2D eigenvalue weighted by molar-refractivity contribution is 0.0898. The Kier molecular flexibility index (Phi) is 8.21. The summed E-state index contributed by atoms with van der Waals surface area (Å²) in [5, 5.41) is 2.96. The van der Waals surface area contributed by atoms with Crippen LogP contribution in [0.3, 0.4) is 0 Å². The summed E-state index contributed by atoms with van der Waals surface area (Å²) in [6, 6.07) is 4.92. The van der Waals surface area contributed by atoms with Gasteiger partial charge in [-0.1, -0.05) is 19.9 Å². The van der Waals surface area contributed by atoms with Crippen molar-refractivity contribution in [1.29, 1.82) is 0 Å². The van der Waals surface area contributed by atoms with E-state index in [0.717, 1.165) is 18.2 Å². The number of sulfonamides is 1. The first-order valence-corrected chi connectivity index (χ1v) is 9.46. The van der Waals surface area contributed by atoms with Gasteiger partial charge in [-0.3, -0.25) is 9.52 Å². The molecule has 0 heterocycles. The molecule has 0 radical (unpaired) electrons. The van der Waals surface area contributed by atoms with Crippen LogP contribution in [0.2, 0.25) is 0 Å². The van der Waals surface area contributed by atoms with Gasteiger partial charge in [0.05, 0.1) is 11.9 Å². The number of aryl methyl sites for hydroxylation is 1. The minimum atomic E-state index is -3.40. The van der Waals surface area contributed by atoms with Gasteiger partial charge in [0.2, 0.25) is 10.0 Å². The summed E-state index contributed by atoms with van der Waals surface area (Å²) in [7, 11) is -3.40. The van der Waals surface area contributed by atoms with Crippen LogP contribution >= 0.6 is 12.4 Å². The minimum Gasteiger partial charge on any atom is -0.346 e. The summed E-state index contributed by atoms with van der Waals surface area (Å²) in [6.07, 6.45) is 1.84. The second-order valence-electron chi connectivity index (χ2n) is 6.72. The van der Waals surface area contributed by atoms with E-state index in [0.29, 0.717) is 23.7 Å². The molecule has 138 valence electrons. The topological polar surface area (TPSA) is 101 Å². The van der Waals surface area contributed by atoms with Crippen LogP contribution < -0.4 is 15.8 Å². The van der Waals surface area contributed by atoms with Gasteiger partial charge in [-0.25, -0.2) is 8.42 Å². The molecule has 0 aliphatic carbocycles. The highest BCUT2D eigenvalue weighted by molar-refractivity contribution is 7.92. The molecule has 1 aromatic rings. The first-order valence-electron chi connectivity index (χ1n) is 7.57. The third-order valence-corrected chi connectivity index (χ3v) is 4.11. The van der Waals surface area contributed by atoms with Gasteiger partial charge in [0.1, 0.15) is 0 Å². The van der Waals surface area contributed by atoms with Gasteiger partial charge in [0.25, 0.3) is 5.91 Å². The summed E-state index contributed by atoms with van der Waals surface area (Å²) >= 11 is 0. The molecule has 0 aliphatic heterocycles. The van der Waals surface area contributed by atoms with Gasteiger partial charge < -0.3 is 11.1 Å². The molecule has 4 N–H and O–H groups in total. The van der Waals surface area contributed by atoms with E-state index >= 15 is 0 Å². The number of anilines is 1. The predicted octanol–water partition coefficient (Wildman–Crippen LogP) is 2.28. The Labute approximate surface area is 151 Å². The number of halogens is 1. The quantitative estimate of drug-likeness (QED) is 0.678. The van der Waals surface area contributed by atoms with E-state index in [2.05, 4.69) is 23.9 Å². The largest absolute Gasteiger partial charge is 0.346 e. The van der Waals surface area contributed by atoms with E-state index in [9.17, 15) is 13.2 Å². The third-order valence-electron chi connectivity index (χ3n) is 3.52. The molecule has 24 heavy (non-hydrogen) atoms. The number of hydrogen-bond donors (Lipinski definition) is 3. The van der Waals surface area contributed by atoms with Gasteiger partial charge >= 0.3 is 0 Å². The number of nitrogens with one attached hydrogen (secondary N) is 2. The fraction of sp³-hybridized carbons (Fsp3) is 0.562. The zero-order chi connectivity index (χ0) is 17.8. The van der Waals surface area contributed by atoms with Crippen molar-refractivity contribution in [3.63, 3.8) is 0 Å². The molecule has 1 rings (SSSR count). The molecule has 0 fully saturated rings. The zero-order valence-corrected chi connectivity index (χ0v) is 16.5. The number of carbonyl (C=O) groups is 1. The number of carbonyl (C=O) groups excluding carboxylic acids is 1. The number of nitrogens with two attached hydrogens (primary N) is 1. The molecule has 0 bridgehead atoms. The Morgan fingerprint density at radius 2 is 1.92 bits per heavy atom. The predicted molar refractivity (Wildman–Crippen MR) is 101 cm³/mol. The highest BCUT2D eigenvalue weighted by Gasteiger charge is 2.26. The molecule has 0 saturated carbocycles. The lowest BCUT2D eigenvalue weighted by Gasteiger charge is -2.31. The molecule has 1 aromatic carbocycles. The van der Waals surface area contributed by atoms with Gasteiger partial charge in [-0.2, -0.15) is 0 Å². The lowest BCUT2D eigenvalue weighted by Crippen LogP contribution is -2.52. The highest BCUT2D eigenvalue weighted by atomic mass is 35.5. The Morgan fingerprint density at radius 3 is 2.38 bits per heavy atom. The van der Waals surface area contributed by atoms with Gasteiger partial charge in [-0.15, -0.1) is 12.4 Å². The van der Waals surface area contributed by atoms with E-state index in [1.807, 2.05) is 6.92 Å². The summed E-state index contributed by atoms with van der Waals surface area (Å²) in [4.78, 5) is 12.5. The van der Waals surface area contributed by atoms with Crippen LogP contribution in [0, 0.1) is 12.8 Å².